The van der Waals surface area contributed by atoms with Crippen LogP contribution in [0, 0.1) is 0 Å². The molecule has 35 heavy (non-hydrogen) atoms. The largest absolute Gasteiger partial charge is 0.389 e. The summed E-state index contributed by atoms with van der Waals surface area (Å²) in [5.41, 5.74) is 3.60. The molecular formula is C32H37NO2. The number of aliphatic hydroxyl groups is 1. The van der Waals surface area contributed by atoms with Gasteiger partial charge in [0.25, 0.3) is 0 Å². The Morgan fingerprint density at radius 3 is 2.17 bits per heavy atom. The summed E-state index contributed by atoms with van der Waals surface area (Å²) in [5, 5.41) is 16.8. The molecule has 3 heteroatoms. The van der Waals surface area contributed by atoms with Crippen LogP contribution < -0.4 is 5.32 Å². The van der Waals surface area contributed by atoms with Gasteiger partial charge >= 0.3 is 0 Å². The van der Waals surface area contributed by atoms with E-state index in [9.17, 15) is 5.11 Å². The van der Waals surface area contributed by atoms with E-state index in [2.05, 4.69) is 98.0 Å². The van der Waals surface area contributed by atoms with Crippen molar-refractivity contribution in [2.24, 2.45) is 0 Å². The van der Waals surface area contributed by atoms with E-state index in [0.717, 1.165) is 24.8 Å². The number of β-amino-alcohol motifs (C(OH)–C–C–N with tert-alkyl or cyclic N) is 1. The monoisotopic (exact) mass is 467 g/mol. The molecule has 0 aliphatic heterocycles. The number of benzene rings is 4. The van der Waals surface area contributed by atoms with Gasteiger partial charge in [0.05, 0.1) is 18.8 Å². The summed E-state index contributed by atoms with van der Waals surface area (Å²) in [5.74, 6) is 0. The van der Waals surface area contributed by atoms with Crippen LogP contribution >= 0.6 is 0 Å². The molecule has 0 aromatic heterocycles. The van der Waals surface area contributed by atoms with Gasteiger partial charge in [0.1, 0.15) is 0 Å². The van der Waals surface area contributed by atoms with Crippen molar-refractivity contribution in [1.82, 2.24) is 5.32 Å². The molecule has 4 aromatic rings. The number of aliphatic hydroxyl groups excluding tert-OH is 1. The highest BCUT2D eigenvalue weighted by Gasteiger charge is 2.21. The van der Waals surface area contributed by atoms with Gasteiger partial charge in [0, 0.05) is 12.1 Å². The molecule has 0 bridgehead atoms. The minimum Gasteiger partial charge on any atom is -0.389 e. The van der Waals surface area contributed by atoms with E-state index < -0.39 is 6.10 Å². The molecule has 0 aliphatic carbocycles. The molecule has 0 saturated heterocycles. The molecule has 0 saturated carbocycles. The summed E-state index contributed by atoms with van der Waals surface area (Å²) < 4.78 is 6.25. The van der Waals surface area contributed by atoms with E-state index in [1.807, 2.05) is 24.3 Å². The fourth-order valence-corrected chi connectivity index (χ4v) is 4.56. The van der Waals surface area contributed by atoms with E-state index in [0.29, 0.717) is 13.2 Å². The molecule has 0 amide bonds. The number of rotatable bonds is 12. The molecule has 2 atom stereocenters. The van der Waals surface area contributed by atoms with Gasteiger partial charge in [-0.3, -0.25) is 0 Å². The Balaban J connectivity index is 1.29. The van der Waals surface area contributed by atoms with Crippen molar-refractivity contribution in [2.45, 2.75) is 50.9 Å². The van der Waals surface area contributed by atoms with Gasteiger partial charge < -0.3 is 15.2 Å². The van der Waals surface area contributed by atoms with E-state index in [1.54, 1.807) is 0 Å². The molecule has 0 heterocycles. The number of aryl methyl sites for hydroxylation is 1. The van der Waals surface area contributed by atoms with Crippen molar-refractivity contribution in [1.29, 1.82) is 0 Å². The van der Waals surface area contributed by atoms with Gasteiger partial charge in [-0.1, -0.05) is 103 Å². The average molecular weight is 468 g/mol. The third-order valence-corrected chi connectivity index (χ3v) is 6.48. The Hall–Kier alpha value is -2.98. The normalized spacial score (nSPS) is 13.6. The average Bonchev–Trinajstić information content (AvgIpc) is 2.88. The zero-order chi connectivity index (χ0) is 24.5. The lowest BCUT2D eigenvalue weighted by atomic mass is 9.93. The number of nitrogens with one attached hydrogen (secondary N) is 1. The summed E-state index contributed by atoms with van der Waals surface area (Å²) in [6.45, 7) is 5.15. The predicted octanol–water partition coefficient (Wildman–Crippen LogP) is 6.50. The molecule has 0 aliphatic rings. The smallest absolute Gasteiger partial charge is 0.0898 e. The Morgan fingerprint density at radius 2 is 1.43 bits per heavy atom. The van der Waals surface area contributed by atoms with Crippen LogP contribution in [0.1, 0.15) is 43.1 Å². The van der Waals surface area contributed by atoms with Crippen molar-refractivity contribution >= 4 is 10.8 Å². The second kappa shape index (κ2) is 12.1. The third kappa shape index (κ3) is 7.76. The van der Waals surface area contributed by atoms with Crippen molar-refractivity contribution in [3.63, 3.8) is 0 Å². The highest BCUT2D eigenvalue weighted by Crippen LogP contribution is 2.24. The molecule has 3 nitrogen and oxygen atoms in total. The van der Waals surface area contributed by atoms with Gasteiger partial charge in [-0.25, -0.2) is 0 Å². The van der Waals surface area contributed by atoms with Crippen molar-refractivity contribution in [3.05, 3.63) is 120 Å². The second-order valence-electron chi connectivity index (χ2n) is 10.0. The lowest BCUT2D eigenvalue weighted by Gasteiger charge is -2.29. The Morgan fingerprint density at radius 1 is 0.771 bits per heavy atom. The Labute approximate surface area is 209 Å². The van der Waals surface area contributed by atoms with Crippen LogP contribution in [0.5, 0.6) is 0 Å². The fraction of sp³-hybridized carbons (Fsp3) is 0.312. The summed E-state index contributed by atoms with van der Waals surface area (Å²) in [6, 6.07) is 35.9. The maximum absolute atomic E-state index is 10.7. The second-order valence-corrected chi connectivity index (χ2v) is 10.0. The van der Waals surface area contributed by atoms with Crippen LogP contribution in [0.3, 0.4) is 0 Å². The quantitative estimate of drug-likeness (QED) is 0.250. The van der Waals surface area contributed by atoms with Crippen molar-refractivity contribution < 1.29 is 9.84 Å². The molecule has 4 rings (SSSR count). The number of hydrogen-bond donors (Lipinski definition) is 2. The number of fused-ring (bicyclic) bond motifs is 1. The highest BCUT2D eigenvalue weighted by molar-refractivity contribution is 5.83. The molecule has 2 unspecified atom stereocenters. The topological polar surface area (TPSA) is 41.5 Å². The van der Waals surface area contributed by atoms with Gasteiger partial charge in [0.15, 0.2) is 0 Å². The zero-order valence-corrected chi connectivity index (χ0v) is 20.9. The zero-order valence-electron chi connectivity index (χ0n) is 20.9. The van der Waals surface area contributed by atoms with Crippen LogP contribution in [0.2, 0.25) is 0 Å². The first-order chi connectivity index (χ1) is 17.0. The van der Waals surface area contributed by atoms with Gasteiger partial charge in [-0.05, 0) is 60.6 Å². The molecule has 0 spiro atoms. The first-order valence-electron chi connectivity index (χ1n) is 12.6. The minimum absolute atomic E-state index is 0.0448. The maximum Gasteiger partial charge on any atom is 0.0898 e. The van der Waals surface area contributed by atoms with E-state index in [1.165, 1.54) is 21.9 Å². The highest BCUT2D eigenvalue weighted by atomic mass is 16.5. The Kier molecular flexibility index (Phi) is 8.70. The standard InChI is InChI=1S/C32H37NO2/c1-32(2,22-26-17-19-27-13-9-10-16-29(27)21-26)33-23-30(34)24-35-31(28-14-7-4-8-15-28)20-18-25-11-5-3-6-12-25/h3-17,19,21,30-31,33-34H,18,20,22-24H2,1-2H3. The summed E-state index contributed by atoms with van der Waals surface area (Å²) in [4.78, 5) is 0. The number of ether oxygens (including phenoxy) is 1. The van der Waals surface area contributed by atoms with E-state index in [-0.39, 0.29) is 11.6 Å². The SMILES string of the molecule is CC(C)(Cc1ccc2ccccc2c1)NCC(O)COC(CCc1ccccc1)c1ccccc1. The molecular weight excluding hydrogens is 430 g/mol. The van der Waals surface area contributed by atoms with Gasteiger partial charge in [-0.15, -0.1) is 0 Å². The Bertz CT molecular complexity index is 1170. The van der Waals surface area contributed by atoms with Crippen LogP contribution in [0.15, 0.2) is 103 Å². The van der Waals surface area contributed by atoms with Crippen molar-refractivity contribution in [2.75, 3.05) is 13.2 Å². The summed E-state index contributed by atoms with van der Waals surface area (Å²) in [7, 11) is 0. The molecule has 0 radical (unpaired) electrons. The number of hydrogen-bond acceptors (Lipinski definition) is 3. The van der Waals surface area contributed by atoms with Gasteiger partial charge in [-0.2, -0.15) is 0 Å². The summed E-state index contributed by atoms with van der Waals surface area (Å²) >= 11 is 0. The predicted molar refractivity (Wildman–Crippen MR) is 146 cm³/mol. The first-order valence-corrected chi connectivity index (χ1v) is 12.6. The molecule has 4 aromatic carbocycles. The lowest BCUT2D eigenvalue weighted by Crippen LogP contribution is -2.46. The van der Waals surface area contributed by atoms with E-state index >= 15 is 0 Å². The lowest BCUT2D eigenvalue weighted by molar-refractivity contribution is -0.0150. The molecule has 0 fully saturated rings. The molecule has 2 N–H and O–H groups in total. The van der Waals surface area contributed by atoms with Gasteiger partial charge in [0.2, 0.25) is 0 Å². The first kappa shape index (κ1) is 25.1. The minimum atomic E-state index is -0.575. The van der Waals surface area contributed by atoms with Crippen LogP contribution in [-0.4, -0.2) is 29.9 Å². The summed E-state index contributed by atoms with van der Waals surface area (Å²) in [6.07, 6.45) is 2.08. The molecule has 182 valence electrons. The van der Waals surface area contributed by atoms with Crippen LogP contribution in [0.4, 0.5) is 0 Å². The van der Waals surface area contributed by atoms with E-state index in [4.69, 9.17) is 4.74 Å². The van der Waals surface area contributed by atoms with Crippen LogP contribution in [0.25, 0.3) is 10.8 Å². The maximum atomic E-state index is 10.7. The van der Waals surface area contributed by atoms with Crippen molar-refractivity contribution in [3.8, 4) is 0 Å². The van der Waals surface area contributed by atoms with Crippen LogP contribution in [-0.2, 0) is 17.6 Å². The fourth-order valence-electron chi connectivity index (χ4n) is 4.56. The third-order valence-electron chi connectivity index (χ3n) is 6.48.